The zero-order valence-electron chi connectivity index (χ0n) is 18.9. The number of carbonyl (C=O) groups is 1. The van der Waals surface area contributed by atoms with E-state index in [0.29, 0.717) is 17.2 Å². The number of ether oxygens (including phenoxy) is 1. The van der Waals surface area contributed by atoms with Crippen LogP contribution in [-0.4, -0.2) is 14.3 Å². The smallest absolute Gasteiger partial charge is 0.255 e. The van der Waals surface area contributed by atoms with Crippen molar-refractivity contribution in [2.75, 3.05) is 5.32 Å². The first-order chi connectivity index (χ1) is 16.8. The number of halogens is 1. The van der Waals surface area contributed by atoms with E-state index in [1.165, 1.54) is 6.07 Å². The van der Waals surface area contributed by atoms with Crippen molar-refractivity contribution in [3.8, 4) is 11.5 Å². The van der Waals surface area contributed by atoms with Crippen molar-refractivity contribution in [1.29, 1.82) is 0 Å². The fourth-order valence-electron chi connectivity index (χ4n) is 3.25. The summed E-state index contributed by atoms with van der Waals surface area (Å²) in [6.45, 7) is 1.92. The van der Waals surface area contributed by atoms with E-state index in [1.54, 1.807) is 36.4 Å². The molecule has 0 aliphatic rings. The van der Waals surface area contributed by atoms with Crippen LogP contribution in [0.25, 0.3) is 0 Å². The molecule has 0 atom stereocenters. The van der Waals surface area contributed by atoms with Gasteiger partial charge in [0.1, 0.15) is 22.2 Å². The van der Waals surface area contributed by atoms with Crippen molar-refractivity contribution in [2.24, 2.45) is 0 Å². The number of amides is 1. The van der Waals surface area contributed by atoms with E-state index >= 15 is 0 Å². The van der Waals surface area contributed by atoms with Crippen LogP contribution in [0.3, 0.4) is 0 Å². The normalized spacial score (nSPS) is 11.1. The number of anilines is 1. The van der Waals surface area contributed by atoms with Crippen molar-refractivity contribution in [2.45, 2.75) is 18.4 Å². The van der Waals surface area contributed by atoms with E-state index in [1.807, 2.05) is 49.4 Å². The molecule has 0 unspecified atom stereocenters. The molecule has 4 rings (SSSR count). The van der Waals surface area contributed by atoms with Crippen LogP contribution in [0.5, 0.6) is 11.5 Å². The maximum Gasteiger partial charge on any atom is 0.255 e. The van der Waals surface area contributed by atoms with Gasteiger partial charge >= 0.3 is 0 Å². The Balaban J connectivity index is 1.44. The molecule has 0 aliphatic carbocycles. The highest BCUT2D eigenvalue weighted by Gasteiger charge is 2.21. The Morgan fingerprint density at radius 1 is 0.857 bits per heavy atom. The Hall–Kier alpha value is -4.01. The summed E-state index contributed by atoms with van der Waals surface area (Å²) in [5, 5.41) is 2.68. The molecule has 0 heterocycles. The Bertz CT molecular complexity index is 1420. The molecule has 4 aromatic carbocycles. The highest BCUT2D eigenvalue weighted by molar-refractivity contribution is 7.89. The Labute approximate surface area is 203 Å². The molecular weight excluding hydrogens is 467 g/mol. The number of aryl methyl sites for hydroxylation is 1. The zero-order chi connectivity index (χ0) is 24.8. The van der Waals surface area contributed by atoms with E-state index in [-0.39, 0.29) is 12.1 Å². The van der Waals surface area contributed by atoms with E-state index in [4.69, 9.17) is 4.74 Å². The molecule has 4 aromatic rings. The second kappa shape index (κ2) is 10.5. The summed E-state index contributed by atoms with van der Waals surface area (Å²) in [5.74, 6) is -0.249. The topological polar surface area (TPSA) is 84.5 Å². The van der Waals surface area contributed by atoms with Gasteiger partial charge < -0.3 is 10.1 Å². The molecule has 6 nitrogen and oxygen atoms in total. The van der Waals surface area contributed by atoms with Crippen LogP contribution in [0.1, 0.15) is 21.5 Å². The van der Waals surface area contributed by atoms with Crippen molar-refractivity contribution in [1.82, 2.24) is 4.72 Å². The van der Waals surface area contributed by atoms with Gasteiger partial charge in [-0.1, -0.05) is 48.0 Å². The summed E-state index contributed by atoms with van der Waals surface area (Å²) in [6, 6.07) is 26.5. The number of sulfonamides is 1. The number of benzene rings is 4. The SMILES string of the molecule is Cc1ccc(CNS(=O)(=O)c2cc(C(=O)Nc3ccc(Oc4ccccc4)cc3)ccc2F)cc1. The number of hydrogen-bond donors (Lipinski definition) is 2. The summed E-state index contributed by atoms with van der Waals surface area (Å²) in [6.07, 6.45) is 0. The van der Waals surface area contributed by atoms with Gasteiger partial charge in [-0.15, -0.1) is 0 Å². The molecular formula is C27H23FN2O4S. The van der Waals surface area contributed by atoms with Crippen LogP contribution in [0.2, 0.25) is 0 Å². The zero-order valence-corrected chi connectivity index (χ0v) is 19.7. The molecule has 1 amide bonds. The van der Waals surface area contributed by atoms with Crippen molar-refractivity contribution < 1.29 is 22.3 Å². The lowest BCUT2D eigenvalue weighted by molar-refractivity contribution is 0.102. The van der Waals surface area contributed by atoms with Crippen molar-refractivity contribution in [3.63, 3.8) is 0 Å². The standard InChI is InChI=1S/C27H23FN2O4S/c1-19-7-9-20(10-8-19)18-29-35(32,33)26-17-21(11-16-25(26)28)27(31)30-22-12-14-24(15-13-22)34-23-5-3-2-4-6-23/h2-17,29H,18H2,1H3,(H,30,31). The Kier molecular flexibility index (Phi) is 7.24. The molecule has 2 N–H and O–H groups in total. The maximum absolute atomic E-state index is 14.4. The molecule has 0 saturated carbocycles. The van der Waals surface area contributed by atoms with Gasteiger partial charge in [0, 0.05) is 17.8 Å². The third-order valence-electron chi connectivity index (χ3n) is 5.16. The van der Waals surface area contributed by atoms with Gasteiger partial charge in [-0.25, -0.2) is 17.5 Å². The predicted molar refractivity (Wildman–Crippen MR) is 133 cm³/mol. The lowest BCUT2D eigenvalue weighted by atomic mass is 10.2. The second-order valence-corrected chi connectivity index (χ2v) is 9.58. The molecule has 0 radical (unpaired) electrons. The average Bonchev–Trinajstić information content (AvgIpc) is 2.86. The molecule has 178 valence electrons. The first-order valence-electron chi connectivity index (χ1n) is 10.8. The fourth-order valence-corrected chi connectivity index (χ4v) is 4.37. The van der Waals surface area contributed by atoms with Gasteiger partial charge in [0.2, 0.25) is 10.0 Å². The van der Waals surface area contributed by atoms with Crippen molar-refractivity contribution >= 4 is 21.6 Å². The van der Waals surface area contributed by atoms with Crippen LogP contribution in [0.15, 0.2) is 102 Å². The minimum Gasteiger partial charge on any atom is -0.457 e. The molecule has 0 bridgehead atoms. The van der Waals surface area contributed by atoms with E-state index < -0.39 is 26.6 Å². The highest BCUT2D eigenvalue weighted by atomic mass is 32.2. The third-order valence-corrected chi connectivity index (χ3v) is 6.58. The van der Waals surface area contributed by atoms with Gasteiger partial charge in [-0.2, -0.15) is 0 Å². The molecule has 0 aliphatic heterocycles. The average molecular weight is 491 g/mol. The second-order valence-electron chi connectivity index (χ2n) is 7.85. The monoisotopic (exact) mass is 490 g/mol. The van der Waals surface area contributed by atoms with Crippen LogP contribution in [0.4, 0.5) is 10.1 Å². The van der Waals surface area contributed by atoms with Gasteiger partial charge in [0.05, 0.1) is 0 Å². The number of hydrogen-bond acceptors (Lipinski definition) is 4. The lowest BCUT2D eigenvalue weighted by Crippen LogP contribution is -2.25. The first-order valence-corrected chi connectivity index (χ1v) is 12.3. The predicted octanol–water partition coefficient (Wildman–Crippen LogP) is 5.66. The summed E-state index contributed by atoms with van der Waals surface area (Å²) in [5.41, 5.74) is 2.25. The minimum atomic E-state index is -4.19. The van der Waals surface area contributed by atoms with Crippen LogP contribution in [0, 0.1) is 12.7 Å². The fraction of sp³-hybridized carbons (Fsp3) is 0.0741. The van der Waals surface area contributed by atoms with Gasteiger partial charge in [0.25, 0.3) is 5.91 Å². The Morgan fingerprint density at radius 2 is 1.51 bits per heavy atom. The molecule has 0 aromatic heterocycles. The van der Waals surface area contributed by atoms with E-state index in [9.17, 15) is 17.6 Å². The van der Waals surface area contributed by atoms with Crippen LogP contribution >= 0.6 is 0 Å². The lowest BCUT2D eigenvalue weighted by Gasteiger charge is -2.11. The molecule has 0 saturated heterocycles. The minimum absolute atomic E-state index is 0.00409. The largest absolute Gasteiger partial charge is 0.457 e. The number of rotatable bonds is 8. The summed E-state index contributed by atoms with van der Waals surface area (Å²) < 4.78 is 47.9. The highest BCUT2D eigenvalue weighted by Crippen LogP contribution is 2.23. The van der Waals surface area contributed by atoms with Crippen LogP contribution < -0.4 is 14.8 Å². The van der Waals surface area contributed by atoms with Gasteiger partial charge in [0.15, 0.2) is 0 Å². The number of nitrogens with one attached hydrogen (secondary N) is 2. The van der Waals surface area contributed by atoms with Gasteiger partial charge in [-0.3, -0.25) is 4.79 Å². The van der Waals surface area contributed by atoms with E-state index in [0.717, 1.165) is 23.3 Å². The van der Waals surface area contributed by atoms with Crippen molar-refractivity contribution in [3.05, 3.63) is 120 Å². The first kappa shape index (κ1) is 24.1. The molecule has 0 spiro atoms. The summed E-state index contributed by atoms with van der Waals surface area (Å²) in [7, 11) is -4.19. The molecule has 0 fully saturated rings. The summed E-state index contributed by atoms with van der Waals surface area (Å²) >= 11 is 0. The van der Waals surface area contributed by atoms with Gasteiger partial charge in [-0.05, 0) is 67.1 Å². The summed E-state index contributed by atoms with van der Waals surface area (Å²) in [4.78, 5) is 12.1. The van der Waals surface area contributed by atoms with Crippen LogP contribution in [-0.2, 0) is 16.6 Å². The molecule has 8 heteroatoms. The number of para-hydroxylation sites is 1. The number of carbonyl (C=O) groups excluding carboxylic acids is 1. The maximum atomic E-state index is 14.4. The molecule has 35 heavy (non-hydrogen) atoms. The Morgan fingerprint density at radius 3 is 2.20 bits per heavy atom. The quantitative estimate of drug-likeness (QED) is 0.334. The third kappa shape index (κ3) is 6.32. The van der Waals surface area contributed by atoms with E-state index in [2.05, 4.69) is 10.0 Å².